The minimum Gasteiger partial charge on any atom is -0.348 e. The molecular formula is C20H17FN4O2. The number of aromatic nitrogens is 2. The lowest BCUT2D eigenvalue weighted by Crippen LogP contribution is -2.26. The Morgan fingerprint density at radius 2 is 1.56 bits per heavy atom. The lowest BCUT2D eigenvalue weighted by Gasteiger charge is -2.08. The highest BCUT2D eigenvalue weighted by Gasteiger charge is 2.11. The molecule has 0 aliphatic heterocycles. The summed E-state index contributed by atoms with van der Waals surface area (Å²) >= 11 is 0. The Morgan fingerprint density at radius 3 is 2.19 bits per heavy atom. The van der Waals surface area contributed by atoms with Gasteiger partial charge in [0.15, 0.2) is 0 Å². The van der Waals surface area contributed by atoms with E-state index < -0.39 is 0 Å². The van der Waals surface area contributed by atoms with Gasteiger partial charge < -0.3 is 10.6 Å². The predicted octanol–water partition coefficient (Wildman–Crippen LogP) is 2.48. The van der Waals surface area contributed by atoms with Gasteiger partial charge in [0.05, 0.1) is 23.4 Å². The molecule has 2 amide bonds. The van der Waals surface area contributed by atoms with Gasteiger partial charge in [0.2, 0.25) is 0 Å². The molecule has 2 N–H and O–H groups in total. The van der Waals surface area contributed by atoms with Crippen LogP contribution in [0.3, 0.4) is 0 Å². The van der Waals surface area contributed by atoms with Gasteiger partial charge in [-0.05, 0) is 35.9 Å². The van der Waals surface area contributed by atoms with Crippen molar-refractivity contribution in [3.63, 3.8) is 0 Å². The molecule has 27 heavy (non-hydrogen) atoms. The number of carbonyl (C=O) groups excluding carboxylic acids is 2. The van der Waals surface area contributed by atoms with E-state index in [0.29, 0.717) is 0 Å². The number of pyridine rings is 2. The number of carbonyl (C=O) groups is 2. The van der Waals surface area contributed by atoms with E-state index in [4.69, 9.17) is 0 Å². The third kappa shape index (κ3) is 5.18. The zero-order chi connectivity index (χ0) is 19.1. The number of amides is 2. The number of nitrogens with zero attached hydrogens (tertiary/aromatic N) is 2. The molecule has 2 aromatic heterocycles. The van der Waals surface area contributed by atoms with Gasteiger partial charge in [0.25, 0.3) is 11.8 Å². The van der Waals surface area contributed by atoms with Gasteiger partial charge in [-0.25, -0.2) is 4.39 Å². The maximum atomic E-state index is 12.9. The summed E-state index contributed by atoms with van der Waals surface area (Å²) in [5.41, 5.74) is 2.04. The third-order valence-electron chi connectivity index (χ3n) is 3.79. The molecule has 3 aromatic rings. The summed E-state index contributed by atoms with van der Waals surface area (Å²) < 4.78 is 12.9. The van der Waals surface area contributed by atoms with Crippen molar-refractivity contribution < 1.29 is 14.0 Å². The summed E-state index contributed by atoms with van der Waals surface area (Å²) in [6.45, 7) is 0.524. The van der Waals surface area contributed by atoms with E-state index in [0.717, 1.165) is 11.3 Å². The highest BCUT2D eigenvalue weighted by molar-refractivity contribution is 5.99. The van der Waals surface area contributed by atoms with E-state index in [9.17, 15) is 14.0 Å². The Labute approximate surface area is 155 Å². The second-order valence-electron chi connectivity index (χ2n) is 5.78. The van der Waals surface area contributed by atoms with Crippen LogP contribution in [0.25, 0.3) is 0 Å². The second kappa shape index (κ2) is 8.66. The molecule has 0 unspecified atom stereocenters. The van der Waals surface area contributed by atoms with Gasteiger partial charge in [-0.2, -0.15) is 0 Å². The summed E-state index contributed by atoms with van der Waals surface area (Å²) in [5.74, 6) is -1.05. The molecule has 0 spiro atoms. The lowest BCUT2D eigenvalue weighted by atomic mass is 10.1. The van der Waals surface area contributed by atoms with Crippen LogP contribution >= 0.6 is 0 Å². The molecule has 0 saturated heterocycles. The summed E-state index contributed by atoms with van der Waals surface area (Å²) in [6, 6.07) is 12.7. The molecule has 0 bridgehead atoms. The fourth-order valence-electron chi connectivity index (χ4n) is 2.35. The van der Waals surface area contributed by atoms with Gasteiger partial charge in [-0.1, -0.05) is 18.2 Å². The van der Waals surface area contributed by atoms with Crippen LogP contribution in [0.15, 0.2) is 67.1 Å². The van der Waals surface area contributed by atoms with Crippen molar-refractivity contribution in [1.82, 2.24) is 20.6 Å². The van der Waals surface area contributed by atoms with Crippen LogP contribution in [0.2, 0.25) is 0 Å². The molecule has 3 rings (SSSR count). The van der Waals surface area contributed by atoms with E-state index >= 15 is 0 Å². The molecule has 0 aliphatic rings. The van der Waals surface area contributed by atoms with Crippen LogP contribution in [0.5, 0.6) is 0 Å². The molecule has 0 saturated carbocycles. The average Bonchev–Trinajstić information content (AvgIpc) is 2.72. The van der Waals surface area contributed by atoms with Crippen molar-refractivity contribution in [1.29, 1.82) is 0 Å². The Bertz CT molecular complexity index is 930. The van der Waals surface area contributed by atoms with E-state index in [-0.39, 0.29) is 41.8 Å². The Kier molecular flexibility index (Phi) is 5.84. The van der Waals surface area contributed by atoms with E-state index in [1.54, 1.807) is 30.5 Å². The molecular weight excluding hydrogens is 347 g/mol. The highest BCUT2D eigenvalue weighted by Crippen LogP contribution is 2.06. The Balaban J connectivity index is 1.59. The van der Waals surface area contributed by atoms with Crippen LogP contribution in [0, 0.1) is 5.82 Å². The fourth-order valence-corrected chi connectivity index (χ4v) is 2.35. The van der Waals surface area contributed by atoms with Gasteiger partial charge in [0.1, 0.15) is 5.82 Å². The molecule has 0 atom stereocenters. The summed E-state index contributed by atoms with van der Waals surface area (Å²) in [7, 11) is 0. The van der Waals surface area contributed by atoms with Crippen molar-refractivity contribution in [3.8, 4) is 0 Å². The first-order chi connectivity index (χ1) is 13.1. The van der Waals surface area contributed by atoms with Crippen LogP contribution in [-0.4, -0.2) is 21.8 Å². The molecule has 0 radical (unpaired) electrons. The first-order valence-corrected chi connectivity index (χ1v) is 8.27. The summed E-state index contributed by atoms with van der Waals surface area (Å²) in [6.07, 6.45) is 4.43. The largest absolute Gasteiger partial charge is 0.348 e. The Hall–Kier alpha value is -3.61. The maximum absolute atomic E-state index is 12.9. The fraction of sp³-hybridized carbons (Fsp3) is 0.100. The molecule has 0 fully saturated rings. The molecule has 2 heterocycles. The number of hydrogen-bond acceptors (Lipinski definition) is 4. The molecule has 7 heteroatoms. The smallest absolute Gasteiger partial charge is 0.253 e. The minimum atomic E-state index is -0.369. The van der Waals surface area contributed by atoms with Gasteiger partial charge in [-0.15, -0.1) is 0 Å². The molecule has 1 aromatic carbocycles. The normalized spacial score (nSPS) is 10.3. The summed E-state index contributed by atoms with van der Waals surface area (Å²) in [5, 5.41) is 5.45. The molecule has 0 aliphatic carbocycles. The highest BCUT2D eigenvalue weighted by atomic mass is 19.1. The quantitative estimate of drug-likeness (QED) is 0.704. The van der Waals surface area contributed by atoms with Crippen LogP contribution < -0.4 is 10.6 Å². The van der Waals surface area contributed by atoms with Crippen LogP contribution in [-0.2, 0) is 13.1 Å². The van der Waals surface area contributed by atoms with Crippen molar-refractivity contribution in [2.45, 2.75) is 13.1 Å². The average molecular weight is 364 g/mol. The van der Waals surface area contributed by atoms with E-state index in [2.05, 4.69) is 20.6 Å². The van der Waals surface area contributed by atoms with Crippen molar-refractivity contribution in [2.24, 2.45) is 0 Å². The van der Waals surface area contributed by atoms with Crippen LogP contribution in [0.4, 0.5) is 4.39 Å². The predicted molar refractivity (Wildman–Crippen MR) is 97.2 cm³/mol. The number of halogens is 1. The lowest BCUT2D eigenvalue weighted by molar-refractivity contribution is 0.0950. The minimum absolute atomic E-state index is 0.245. The SMILES string of the molecule is O=C(NCc1ccc(F)cc1)c1cncc(C(=O)NCc2ccccn2)c1. The first-order valence-electron chi connectivity index (χ1n) is 8.27. The topological polar surface area (TPSA) is 84.0 Å². The van der Waals surface area contributed by atoms with Gasteiger partial charge in [-0.3, -0.25) is 19.6 Å². The second-order valence-corrected chi connectivity index (χ2v) is 5.78. The number of benzene rings is 1. The van der Waals surface area contributed by atoms with Crippen molar-refractivity contribution in [2.75, 3.05) is 0 Å². The zero-order valence-corrected chi connectivity index (χ0v) is 14.4. The van der Waals surface area contributed by atoms with Crippen molar-refractivity contribution >= 4 is 11.8 Å². The molecule has 136 valence electrons. The van der Waals surface area contributed by atoms with Gasteiger partial charge in [0, 0.05) is 25.1 Å². The maximum Gasteiger partial charge on any atom is 0.253 e. The first kappa shape index (κ1) is 18.2. The third-order valence-corrected chi connectivity index (χ3v) is 3.79. The standard InChI is InChI=1S/C20H17FN4O2/c21-17-6-4-14(5-7-17)10-24-19(26)15-9-16(12-22-11-15)20(27)25-13-18-3-1-2-8-23-18/h1-9,11-12H,10,13H2,(H,24,26)(H,25,27). The van der Waals surface area contributed by atoms with Gasteiger partial charge >= 0.3 is 0 Å². The Morgan fingerprint density at radius 1 is 0.889 bits per heavy atom. The van der Waals surface area contributed by atoms with E-state index in [1.807, 2.05) is 6.07 Å². The molecule has 6 nitrogen and oxygen atoms in total. The van der Waals surface area contributed by atoms with E-state index in [1.165, 1.54) is 30.6 Å². The van der Waals surface area contributed by atoms with Crippen molar-refractivity contribution in [3.05, 3.63) is 95.3 Å². The zero-order valence-electron chi connectivity index (χ0n) is 14.4. The number of rotatable bonds is 6. The number of nitrogens with one attached hydrogen (secondary N) is 2. The number of hydrogen-bond donors (Lipinski definition) is 2. The monoisotopic (exact) mass is 364 g/mol. The summed E-state index contributed by atoms with van der Waals surface area (Å²) in [4.78, 5) is 32.6. The van der Waals surface area contributed by atoms with Crippen LogP contribution in [0.1, 0.15) is 32.0 Å².